The molecule has 2 heterocycles. The zero-order valence-electron chi connectivity index (χ0n) is 8.89. The molecule has 2 rings (SSSR count). The van der Waals surface area contributed by atoms with Crippen molar-refractivity contribution in [3.05, 3.63) is 23.0 Å². The van der Waals surface area contributed by atoms with Gasteiger partial charge < -0.3 is 10.6 Å². The fourth-order valence-corrected chi connectivity index (χ4v) is 2.13. The number of nitrogens with zero attached hydrogens (tertiary/aromatic N) is 1. The van der Waals surface area contributed by atoms with E-state index in [0.29, 0.717) is 11.2 Å². The summed E-state index contributed by atoms with van der Waals surface area (Å²) in [7, 11) is 0. The first kappa shape index (κ1) is 10.7. The molecule has 1 aliphatic heterocycles. The predicted molar refractivity (Wildman–Crippen MR) is 63.5 cm³/mol. The van der Waals surface area contributed by atoms with E-state index in [1.54, 1.807) is 6.20 Å². The molecule has 82 valence electrons. The second kappa shape index (κ2) is 4.81. The number of nitrogens with one attached hydrogen (secondary N) is 2. The Labute approximate surface area is 95.2 Å². The number of piperidine rings is 1. The minimum absolute atomic E-state index is 0.520. The number of aryl methyl sites for hydroxylation is 1. The van der Waals surface area contributed by atoms with Gasteiger partial charge in [-0.1, -0.05) is 11.6 Å². The maximum absolute atomic E-state index is 6.06. The van der Waals surface area contributed by atoms with Gasteiger partial charge in [0.2, 0.25) is 0 Å². The monoisotopic (exact) mass is 225 g/mol. The van der Waals surface area contributed by atoms with E-state index in [-0.39, 0.29) is 0 Å². The molecule has 1 saturated heterocycles. The molecule has 1 aliphatic rings. The van der Waals surface area contributed by atoms with E-state index in [9.17, 15) is 0 Å². The van der Waals surface area contributed by atoms with Crippen LogP contribution < -0.4 is 10.6 Å². The molecule has 0 spiro atoms. The van der Waals surface area contributed by atoms with Gasteiger partial charge in [-0.05, 0) is 44.5 Å². The Balaban J connectivity index is 2.09. The molecule has 0 radical (unpaired) electrons. The van der Waals surface area contributed by atoms with Gasteiger partial charge in [0.25, 0.3) is 0 Å². The number of hydrogen-bond acceptors (Lipinski definition) is 3. The number of halogens is 1. The van der Waals surface area contributed by atoms with Crippen molar-refractivity contribution in [1.82, 2.24) is 10.3 Å². The highest BCUT2D eigenvalue weighted by molar-refractivity contribution is 6.32. The molecule has 1 aromatic heterocycles. The van der Waals surface area contributed by atoms with Gasteiger partial charge in [0.1, 0.15) is 0 Å². The molecule has 3 nitrogen and oxygen atoms in total. The average molecular weight is 226 g/mol. The number of hydrogen-bond donors (Lipinski definition) is 2. The van der Waals surface area contributed by atoms with Crippen LogP contribution >= 0.6 is 11.6 Å². The molecule has 0 unspecified atom stereocenters. The van der Waals surface area contributed by atoms with Crippen molar-refractivity contribution in [1.29, 1.82) is 0 Å². The average Bonchev–Trinajstić information content (AvgIpc) is 2.25. The molecule has 0 atom stereocenters. The fourth-order valence-electron chi connectivity index (χ4n) is 1.87. The molecule has 15 heavy (non-hydrogen) atoms. The van der Waals surface area contributed by atoms with Crippen molar-refractivity contribution in [3.63, 3.8) is 0 Å². The van der Waals surface area contributed by atoms with Crippen molar-refractivity contribution in [3.8, 4) is 0 Å². The summed E-state index contributed by atoms with van der Waals surface area (Å²) in [6.45, 7) is 4.21. The molecule has 0 aromatic carbocycles. The van der Waals surface area contributed by atoms with Crippen LogP contribution in [0.2, 0.25) is 5.15 Å². The highest BCUT2D eigenvalue weighted by Crippen LogP contribution is 2.24. The molecule has 0 saturated carbocycles. The van der Waals surface area contributed by atoms with Crippen LogP contribution in [0.3, 0.4) is 0 Å². The Morgan fingerprint density at radius 3 is 2.87 bits per heavy atom. The van der Waals surface area contributed by atoms with Crippen molar-refractivity contribution >= 4 is 17.3 Å². The minimum Gasteiger partial charge on any atom is -0.380 e. The van der Waals surface area contributed by atoms with E-state index in [4.69, 9.17) is 11.6 Å². The molecule has 0 amide bonds. The van der Waals surface area contributed by atoms with Crippen molar-refractivity contribution in [2.75, 3.05) is 18.4 Å². The van der Waals surface area contributed by atoms with Gasteiger partial charge in [-0.25, -0.2) is 4.98 Å². The second-order valence-electron chi connectivity index (χ2n) is 3.96. The summed E-state index contributed by atoms with van der Waals surface area (Å²) in [5, 5.41) is 7.40. The van der Waals surface area contributed by atoms with Crippen LogP contribution in [0.4, 0.5) is 5.69 Å². The second-order valence-corrected chi connectivity index (χ2v) is 4.32. The lowest BCUT2D eigenvalue weighted by Crippen LogP contribution is -2.35. The van der Waals surface area contributed by atoms with E-state index in [1.165, 1.54) is 0 Å². The zero-order chi connectivity index (χ0) is 10.7. The van der Waals surface area contributed by atoms with E-state index in [1.807, 2.05) is 6.07 Å². The molecule has 4 heteroatoms. The molecule has 0 bridgehead atoms. The molecule has 1 aromatic rings. The maximum atomic E-state index is 6.06. The molecule has 1 fully saturated rings. The van der Waals surface area contributed by atoms with Crippen LogP contribution in [0.25, 0.3) is 0 Å². The highest BCUT2D eigenvalue weighted by atomic mass is 35.5. The Morgan fingerprint density at radius 1 is 1.47 bits per heavy atom. The first-order valence-electron chi connectivity index (χ1n) is 5.36. The Kier molecular flexibility index (Phi) is 3.44. The highest BCUT2D eigenvalue weighted by Gasteiger charge is 2.15. The van der Waals surface area contributed by atoms with Gasteiger partial charge in [-0.3, -0.25) is 0 Å². The van der Waals surface area contributed by atoms with Crippen molar-refractivity contribution < 1.29 is 0 Å². The van der Waals surface area contributed by atoms with Crippen LogP contribution in [0.5, 0.6) is 0 Å². The smallest absolute Gasteiger partial charge is 0.152 e. The van der Waals surface area contributed by atoms with Crippen molar-refractivity contribution in [2.45, 2.75) is 25.8 Å². The first-order chi connectivity index (χ1) is 7.27. The first-order valence-corrected chi connectivity index (χ1v) is 5.73. The number of pyridine rings is 1. The minimum atomic E-state index is 0.520. The van der Waals surface area contributed by atoms with Gasteiger partial charge in [0.05, 0.1) is 5.69 Å². The summed E-state index contributed by atoms with van der Waals surface area (Å²) < 4.78 is 0. The van der Waals surface area contributed by atoms with Crippen LogP contribution in [-0.2, 0) is 0 Å². The third-order valence-electron chi connectivity index (χ3n) is 2.80. The third kappa shape index (κ3) is 2.61. The molecule has 2 N–H and O–H groups in total. The molecular formula is C11H16ClN3. The van der Waals surface area contributed by atoms with Crippen molar-refractivity contribution in [2.24, 2.45) is 0 Å². The summed E-state index contributed by atoms with van der Waals surface area (Å²) in [5.74, 6) is 0. The Morgan fingerprint density at radius 2 is 2.20 bits per heavy atom. The van der Waals surface area contributed by atoms with E-state index in [0.717, 1.165) is 37.2 Å². The van der Waals surface area contributed by atoms with Crippen LogP contribution in [-0.4, -0.2) is 24.1 Å². The lowest BCUT2D eigenvalue weighted by molar-refractivity contribution is 0.479. The van der Waals surface area contributed by atoms with Gasteiger partial charge >= 0.3 is 0 Å². The SMILES string of the molecule is Cc1ccnc(Cl)c1NC1CCNCC1. The number of anilines is 1. The predicted octanol–water partition coefficient (Wildman–Crippen LogP) is 2.21. The maximum Gasteiger partial charge on any atom is 0.152 e. The van der Waals surface area contributed by atoms with Gasteiger partial charge in [-0.15, -0.1) is 0 Å². The lowest BCUT2D eigenvalue weighted by atomic mass is 10.1. The van der Waals surface area contributed by atoms with E-state index >= 15 is 0 Å². The van der Waals surface area contributed by atoms with Crippen LogP contribution in [0.1, 0.15) is 18.4 Å². The van der Waals surface area contributed by atoms with Gasteiger partial charge in [0.15, 0.2) is 5.15 Å². The fraction of sp³-hybridized carbons (Fsp3) is 0.545. The number of rotatable bonds is 2. The third-order valence-corrected chi connectivity index (χ3v) is 3.09. The summed E-state index contributed by atoms with van der Waals surface area (Å²) in [5.41, 5.74) is 2.15. The lowest BCUT2D eigenvalue weighted by Gasteiger charge is -2.25. The summed E-state index contributed by atoms with van der Waals surface area (Å²) in [6, 6.07) is 2.50. The largest absolute Gasteiger partial charge is 0.380 e. The van der Waals surface area contributed by atoms with Gasteiger partial charge in [-0.2, -0.15) is 0 Å². The molecular weight excluding hydrogens is 210 g/mol. The summed E-state index contributed by atoms with van der Waals surface area (Å²) >= 11 is 6.06. The van der Waals surface area contributed by atoms with E-state index in [2.05, 4.69) is 22.5 Å². The Bertz CT molecular complexity index is 314. The summed E-state index contributed by atoms with van der Waals surface area (Å²) in [6.07, 6.45) is 4.03. The van der Waals surface area contributed by atoms with E-state index < -0.39 is 0 Å². The Hall–Kier alpha value is -0.800. The molecule has 0 aliphatic carbocycles. The number of aromatic nitrogens is 1. The topological polar surface area (TPSA) is 37.0 Å². The summed E-state index contributed by atoms with van der Waals surface area (Å²) in [4.78, 5) is 4.09. The quantitative estimate of drug-likeness (QED) is 0.758. The van der Waals surface area contributed by atoms with Crippen LogP contribution in [0.15, 0.2) is 12.3 Å². The normalized spacial score (nSPS) is 17.7. The zero-order valence-corrected chi connectivity index (χ0v) is 9.64. The van der Waals surface area contributed by atoms with Gasteiger partial charge in [0, 0.05) is 12.2 Å². The van der Waals surface area contributed by atoms with Crippen LogP contribution in [0, 0.1) is 6.92 Å². The standard InChI is InChI=1S/C11H16ClN3/c1-8-2-7-14-11(12)10(8)15-9-3-5-13-6-4-9/h2,7,9,13,15H,3-6H2,1H3.